The lowest BCUT2D eigenvalue weighted by atomic mass is 9.65. The van der Waals surface area contributed by atoms with Gasteiger partial charge in [0.1, 0.15) is 0 Å². The van der Waals surface area contributed by atoms with Crippen LogP contribution >= 0.6 is 0 Å². The lowest BCUT2D eigenvalue weighted by molar-refractivity contribution is -0.266. The smallest absolute Gasteiger partial charge is 0.0729 e. The van der Waals surface area contributed by atoms with Gasteiger partial charge < -0.3 is 10.1 Å². The van der Waals surface area contributed by atoms with Crippen LogP contribution in [0.2, 0.25) is 0 Å². The average Bonchev–Trinajstić information content (AvgIpc) is 1.59. The second-order valence-electron chi connectivity index (χ2n) is 3.68. The first kappa shape index (κ1) is 5.69. The van der Waals surface area contributed by atoms with Gasteiger partial charge in [-0.1, -0.05) is 0 Å². The summed E-state index contributed by atoms with van der Waals surface area (Å²) in [7, 11) is 0. The van der Waals surface area contributed by atoms with Crippen LogP contribution < -0.4 is 5.32 Å². The number of nitrogens with one attached hydrogen (secondary N) is 1. The molecule has 0 atom stereocenters. The van der Waals surface area contributed by atoms with Gasteiger partial charge in [0.05, 0.1) is 12.2 Å². The highest BCUT2D eigenvalue weighted by atomic mass is 16.5. The molecule has 0 saturated carbocycles. The molecule has 2 heterocycles. The zero-order valence-electron chi connectivity index (χ0n) is 6.03. The van der Waals surface area contributed by atoms with Crippen molar-refractivity contribution in [2.75, 3.05) is 19.7 Å². The van der Waals surface area contributed by atoms with Crippen molar-refractivity contribution in [1.29, 1.82) is 0 Å². The van der Waals surface area contributed by atoms with E-state index in [4.69, 9.17) is 4.74 Å². The van der Waals surface area contributed by atoms with E-state index in [-0.39, 0.29) is 5.60 Å². The van der Waals surface area contributed by atoms with Crippen molar-refractivity contribution in [3.63, 3.8) is 0 Å². The van der Waals surface area contributed by atoms with Gasteiger partial charge in [0.25, 0.3) is 0 Å². The first-order chi connectivity index (χ1) is 4.16. The molecular weight excluding hydrogens is 114 g/mol. The van der Waals surface area contributed by atoms with Crippen molar-refractivity contribution < 1.29 is 4.74 Å². The topological polar surface area (TPSA) is 21.3 Å². The molecule has 1 N–H and O–H groups in total. The fourth-order valence-corrected chi connectivity index (χ4v) is 1.52. The molecule has 0 aromatic heterocycles. The zero-order valence-corrected chi connectivity index (χ0v) is 6.03. The Morgan fingerprint density at radius 2 is 2.00 bits per heavy atom. The average molecular weight is 127 g/mol. The number of hydrogen-bond acceptors (Lipinski definition) is 2. The highest BCUT2D eigenvalue weighted by Crippen LogP contribution is 2.46. The minimum absolute atomic E-state index is 0.151. The Morgan fingerprint density at radius 1 is 1.33 bits per heavy atom. The lowest BCUT2D eigenvalue weighted by Gasteiger charge is -2.61. The van der Waals surface area contributed by atoms with E-state index < -0.39 is 0 Å². The second-order valence-corrected chi connectivity index (χ2v) is 3.68. The van der Waals surface area contributed by atoms with E-state index in [1.54, 1.807) is 0 Å². The molecule has 2 heteroatoms. The van der Waals surface area contributed by atoms with Crippen molar-refractivity contribution in [2.45, 2.75) is 19.4 Å². The number of rotatable bonds is 0. The summed E-state index contributed by atoms with van der Waals surface area (Å²) in [5, 5.41) is 3.28. The minimum atomic E-state index is 0.151. The zero-order chi connectivity index (χ0) is 6.54. The third-order valence-electron chi connectivity index (χ3n) is 2.91. The Kier molecular flexibility index (Phi) is 0.837. The molecule has 0 amide bonds. The van der Waals surface area contributed by atoms with Crippen molar-refractivity contribution in [3.8, 4) is 0 Å². The van der Waals surface area contributed by atoms with Crippen LogP contribution in [0.4, 0.5) is 0 Å². The first-order valence-corrected chi connectivity index (χ1v) is 3.51. The van der Waals surface area contributed by atoms with Gasteiger partial charge in [0, 0.05) is 18.5 Å². The summed E-state index contributed by atoms with van der Waals surface area (Å²) in [5.41, 5.74) is 0.658. The molecule has 2 saturated heterocycles. The molecule has 2 fully saturated rings. The Labute approximate surface area is 55.6 Å². The largest absolute Gasteiger partial charge is 0.374 e. The van der Waals surface area contributed by atoms with Gasteiger partial charge in [0.15, 0.2) is 0 Å². The molecule has 0 aliphatic carbocycles. The molecule has 2 aliphatic rings. The predicted molar refractivity (Wildman–Crippen MR) is 35.3 cm³/mol. The monoisotopic (exact) mass is 127 g/mol. The SMILES string of the molecule is CC1(C)OCC12CNC2. The van der Waals surface area contributed by atoms with Crippen LogP contribution in [0.1, 0.15) is 13.8 Å². The highest BCUT2D eigenvalue weighted by Gasteiger charge is 2.58. The Morgan fingerprint density at radius 3 is 2.00 bits per heavy atom. The van der Waals surface area contributed by atoms with Gasteiger partial charge in [0.2, 0.25) is 0 Å². The maximum absolute atomic E-state index is 5.44. The number of hydrogen-bond donors (Lipinski definition) is 1. The second kappa shape index (κ2) is 1.32. The van der Waals surface area contributed by atoms with Gasteiger partial charge in [-0.15, -0.1) is 0 Å². The molecule has 0 aromatic rings. The Bertz CT molecular complexity index is 132. The molecule has 2 aliphatic heterocycles. The maximum atomic E-state index is 5.44. The molecule has 0 unspecified atom stereocenters. The van der Waals surface area contributed by atoms with E-state index in [0.29, 0.717) is 5.41 Å². The van der Waals surface area contributed by atoms with Gasteiger partial charge in [-0.05, 0) is 13.8 Å². The van der Waals surface area contributed by atoms with Crippen LogP contribution in [0.3, 0.4) is 0 Å². The van der Waals surface area contributed by atoms with Gasteiger partial charge >= 0.3 is 0 Å². The van der Waals surface area contributed by atoms with Crippen LogP contribution in [0.25, 0.3) is 0 Å². The van der Waals surface area contributed by atoms with E-state index in [2.05, 4.69) is 19.2 Å². The fourth-order valence-electron chi connectivity index (χ4n) is 1.52. The molecule has 2 rings (SSSR count). The summed E-state index contributed by atoms with van der Waals surface area (Å²) in [6, 6.07) is 0. The maximum Gasteiger partial charge on any atom is 0.0729 e. The summed E-state index contributed by atoms with van der Waals surface area (Å²) in [4.78, 5) is 0. The molecule has 0 aromatic carbocycles. The normalized spacial score (nSPS) is 35.3. The van der Waals surface area contributed by atoms with Crippen LogP contribution in [0, 0.1) is 5.41 Å². The fraction of sp³-hybridized carbons (Fsp3) is 1.00. The number of ether oxygens (including phenoxy) is 1. The van der Waals surface area contributed by atoms with E-state index in [0.717, 1.165) is 19.7 Å². The van der Waals surface area contributed by atoms with Crippen molar-refractivity contribution >= 4 is 0 Å². The summed E-state index contributed by atoms with van der Waals surface area (Å²) >= 11 is 0. The van der Waals surface area contributed by atoms with Crippen molar-refractivity contribution in [3.05, 3.63) is 0 Å². The van der Waals surface area contributed by atoms with Crippen molar-refractivity contribution in [2.24, 2.45) is 5.41 Å². The molecule has 1 spiro atoms. The van der Waals surface area contributed by atoms with E-state index in [9.17, 15) is 0 Å². The molecule has 2 nitrogen and oxygen atoms in total. The standard InChI is InChI=1S/C7H13NO/c1-6(2)7(5-9-6)3-8-4-7/h8H,3-5H2,1-2H3. The van der Waals surface area contributed by atoms with E-state index in [1.165, 1.54) is 0 Å². The van der Waals surface area contributed by atoms with Crippen molar-refractivity contribution in [1.82, 2.24) is 5.32 Å². The summed E-state index contributed by atoms with van der Waals surface area (Å²) in [6.45, 7) is 7.63. The predicted octanol–water partition coefficient (Wildman–Crippen LogP) is 0.385. The molecule has 0 radical (unpaired) electrons. The first-order valence-electron chi connectivity index (χ1n) is 3.51. The third-order valence-corrected chi connectivity index (χ3v) is 2.91. The highest BCUT2D eigenvalue weighted by molar-refractivity contribution is 5.09. The van der Waals surface area contributed by atoms with Gasteiger partial charge in [-0.2, -0.15) is 0 Å². The third kappa shape index (κ3) is 0.485. The molecule has 9 heavy (non-hydrogen) atoms. The quantitative estimate of drug-likeness (QED) is 0.508. The molecule has 0 bridgehead atoms. The van der Waals surface area contributed by atoms with Crippen LogP contribution in [0.5, 0.6) is 0 Å². The van der Waals surface area contributed by atoms with Crippen LogP contribution in [-0.4, -0.2) is 25.3 Å². The molecule has 52 valence electrons. The van der Waals surface area contributed by atoms with Gasteiger partial charge in [-0.3, -0.25) is 0 Å². The minimum Gasteiger partial charge on any atom is -0.374 e. The Balaban J connectivity index is 2.13. The van der Waals surface area contributed by atoms with Gasteiger partial charge in [-0.25, -0.2) is 0 Å². The van der Waals surface area contributed by atoms with Crippen LogP contribution in [0.15, 0.2) is 0 Å². The summed E-state index contributed by atoms with van der Waals surface area (Å²) < 4.78 is 5.44. The summed E-state index contributed by atoms with van der Waals surface area (Å²) in [6.07, 6.45) is 0. The summed E-state index contributed by atoms with van der Waals surface area (Å²) in [5.74, 6) is 0. The van der Waals surface area contributed by atoms with Crippen LogP contribution in [-0.2, 0) is 4.74 Å². The van der Waals surface area contributed by atoms with E-state index in [1.807, 2.05) is 0 Å². The lowest BCUT2D eigenvalue weighted by Crippen LogP contribution is -2.74. The van der Waals surface area contributed by atoms with E-state index >= 15 is 0 Å². The molecular formula is C7H13NO. The Hall–Kier alpha value is -0.0800.